The zero-order chi connectivity index (χ0) is 29.2. The second kappa shape index (κ2) is 11.1. The Morgan fingerprint density at radius 3 is 2.25 bits per heavy atom. The number of ether oxygens (including phenoxy) is 4. The number of carbonyl (C=O) groups excluding carboxylic acids is 1. The summed E-state index contributed by atoms with van der Waals surface area (Å²) in [6, 6.07) is 14.5. The molecule has 0 fully saturated rings. The van der Waals surface area contributed by atoms with Crippen molar-refractivity contribution in [1.82, 2.24) is 9.38 Å². The van der Waals surface area contributed by atoms with Crippen LogP contribution in [0.25, 0.3) is 16.9 Å². The molecular weight excluding hydrogens is 506 g/mol. The normalized spacial score (nSPS) is 11.8. The van der Waals surface area contributed by atoms with Crippen LogP contribution in [0.5, 0.6) is 23.0 Å². The second-order valence-electron chi connectivity index (χ2n) is 11.8. The van der Waals surface area contributed by atoms with E-state index in [4.69, 9.17) is 23.9 Å². The monoisotopic (exact) mass is 545 g/mol. The first-order chi connectivity index (χ1) is 18.8. The first-order valence-electron chi connectivity index (χ1n) is 13.2. The fourth-order valence-electron chi connectivity index (χ4n) is 5.18. The van der Waals surface area contributed by atoms with E-state index in [9.17, 15) is 4.79 Å². The molecule has 0 aliphatic heterocycles. The highest BCUT2D eigenvalue weighted by Gasteiger charge is 2.28. The number of fused-ring (bicyclic) bond motifs is 1. The van der Waals surface area contributed by atoms with Crippen molar-refractivity contribution in [3.8, 4) is 34.3 Å². The maximum absolute atomic E-state index is 13.1. The van der Waals surface area contributed by atoms with Crippen molar-refractivity contribution >= 4 is 17.4 Å². The molecule has 0 spiro atoms. The predicted molar refractivity (Wildman–Crippen MR) is 158 cm³/mol. The highest BCUT2D eigenvalue weighted by molar-refractivity contribution is 5.94. The van der Waals surface area contributed by atoms with Gasteiger partial charge in [-0.3, -0.25) is 4.40 Å². The van der Waals surface area contributed by atoms with Crippen LogP contribution in [-0.2, 0) is 0 Å². The highest BCUT2D eigenvalue weighted by atomic mass is 16.6. The van der Waals surface area contributed by atoms with Crippen LogP contribution < -0.4 is 24.3 Å². The molecule has 2 aromatic heterocycles. The van der Waals surface area contributed by atoms with Crippen LogP contribution in [0.3, 0.4) is 0 Å². The van der Waals surface area contributed by atoms with Crippen molar-refractivity contribution in [2.24, 2.45) is 5.41 Å². The number of carbonyl (C=O) groups is 1. The third-order valence-electron chi connectivity index (χ3n) is 6.48. The number of hydrogen-bond acceptors (Lipinski definition) is 7. The SMILES string of the molecule is COc1ccc(C(=O)Oc2ccc(-c3nc4cc(C)ccn4c3NC(C)(C)CC(C)(C)C)cc2OC)c(OC)c1. The summed E-state index contributed by atoms with van der Waals surface area (Å²) >= 11 is 0. The minimum Gasteiger partial charge on any atom is -0.497 e. The van der Waals surface area contributed by atoms with Gasteiger partial charge in [0.05, 0.1) is 21.3 Å². The fraction of sp³-hybridized carbons (Fsp3) is 0.375. The summed E-state index contributed by atoms with van der Waals surface area (Å²) in [5, 5.41) is 3.76. The molecule has 4 rings (SSSR count). The lowest BCUT2D eigenvalue weighted by Gasteiger charge is -2.34. The molecule has 2 aromatic carbocycles. The summed E-state index contributed by atoms with van der Waals surface area (Å²) in [4.78, 5) is 18.1. The second-order valence-corrected chi connectivity index (χ2v) is 11.8. The standard InChI is InChI=1S/C32H39N3O5/c1-20-14-15-35-27(16-20)33-28(29(35)34-32(5,6)19-31(2,3)4)21-10-13-24(26(17-21)39-9)40-30(36)23-12-11-22(37-7)18-25(23)38-8/h10-18,34H,19H2,1-9H3. The van der Waals surface area contributed by atoms with Gasteiger partial charge in [-0.05, 0) is 80.6 Å². The molecule has 2 heterocycles. The number of aromatic nitrogens is 2. The number of rotatable bonds is 9. The summed E-state index contributed by atoms with van der Waals surface area (Å²) in [7, 11) is 4.59. The zero-order valence-electron chi connectivity index (χ0n) is 24.8. The molecule has 0 atom stereocenters. The first-order valence-corrected chi connectivity index (χ1v) is 13.2. The molecule has 0 radical (unpaired) electrons. The van der Waals surface area contributed by atoms with Crippen LogP contribution in [0.15, 0.2) is 54.7 Å². The van der Waals surface area contributed by atoms with Gasteiger partial charge in [-0.2, -0.15) is 0 Å². The van der Waals surface area contributed by atoms with E-state index in [1.165, 1.54) is 7.11 Å². The van der Waals surface area contributed by atoms with Crippen LogP contribution in [-0.4, -0.2) is 42.2 Å². The third-order valence-corrected chi connectivity index (χ3v) is 6.48. The van der Waals surface area contributed by atoms with Crippen LogP contribution in [0.2, 0.25) is 0 Å². The zero-order valence-corrected chi connectivity index (χ0v) is 24.8. The lowest BCUT2D eigenvalue weighted by atomic mass is 9.82. The molecule has 212 valence electrons. The number of hydrogen-bond donors (Lipinski definition) is 1. The van der Waals surface area contributed by atoms with Crippen LogP contribution in [0.1, 0.15) is 57.0 Å². The minimum atomic E-state index is -0.569. The largest absolute Gasteiger partial charge is 0.497 e. The summed E-state index contributed by atoms with van der Waals surface area (Å²) in [6.45, 7) is 13.2. The molecular formula is C32H39N3O5. The summed E-state index contributed by atoms with van der Waals surface area (Å²) < 4.78 is 24.1. The number of benzene rings is 2. The van der Waals surface area contributed by atoms with Gasteiger partial charge in [0.15, 0.2) is 11.5 Å². The van der Waals surface area contributed by atoms with E-state index in [2.05, 4.69) is 63.4 Å². The lowest BCUT2D eigenvalue weighted by molar-refractivity contribution is 0.0726. The van der Waals surface area contributed by atoms with Gasteiger partial charge in [0.2, 0.25) is 0 Å². The number of pyridine rings is 1. The molecule has 0 saturated carbocycles. The average Bonchev–Trinajstić information content (AvgIpc) is 3.23. The summed E-state index contributed by atoms with van der Waals surface area (Å²) in [5.74, 6) is 1.95. The van der Waals surface area contributed by atoms with Crippen molar-refractivity contribution in [2.75, 3.05) is 26.6 Å². The van der Waals surface area contributed by atoms with E-state index in [0.29, 0.717) is 17.2 Å². The van der Waals surface area contributed by atoms with E-state index >= 15 is 0 Å². The highest BCUT2D eigenvalue weighted by Crippen LogP contribution is 2.39. The van der Waals surface area contributed by atoms with Gasteiger partial charge in [0, 0.05) is 23.4 Å². The van der Waals surface area contributed by atoms with Crippen molar-refractivity contribution < 1.29 is 23.7 Å². The van der Waals surface area contributed by atoms with Crippen LogP contribution in [0, 0.1) is 12.3 Å². The lowest BCUT2D eigenvalue weighted by Crippen LogP contribution is -2.36. The van der Waals surface area contributed by atoms with Gasteiger partial charge in [-0.25, -0.2) is 9.78 Å². The summed E-state index contributed by atoms with van der Waals surface area (Å²) in [5.41, 5.74) is 3.77. The Morgan fingerprint density at radius 2 is 1.60 bits per heavy atom. The Hall–Kier alpha value is -4.20. The predicted octanol–water partition coefficient (Wildman–Crippen LogP) is 7.18. The third kappa shape index (κ3) is 6.33. The quantitative estimate of drug-likeness (QED) is 0.176. The Labute approximate surface area is 236 Å². The van der Waals surface area contributed by atoms with Gasteiger partial charge in [0.25, 0.3) is 0 Å². The smallest absolute Gasteiger partial charge is 0.347 e. The Kier molecular flexibility index (Phi) is 8.00. The number of anilines is 1. The van der Waals surface area contributed by atoms with Crippen molar-refractivity contribution in [3.63, 3.8) is 0 Å². The topological polar surface area (TPSA) is 83.3 Å². The van der Waals surface area contributed by atoms with E-state index in [1.54, 1.807) is 38.5 Å². The molecule has 0 aliphatic carbocycles. The average molecular weight is 546 g/mol. The van der Waals surface area contributed by atoms with Gasteiger partial charge in [-0.15, -0.1) is 0 Å². The summed E-state index contributed by atoms with van der Waals surface area (Å²) in [6.07, 6.45) is 2.98. The Morgan fingerprint density at radius 1 is 0.875 bits per heavy atom. The minimum absolute atomic E-state index is 0.134. The van der Waals surface area contributed by atoms with Crippen molar-refractivity contribution in [3.05, 3.63) is 65.9 Å². The number of esters is 1. The van der Waals surface area contributed by atoms with E-state index in [0.717, 1.165) is 34.7 Å². The molecule has 0 unspecified atom stereocenters. The van der Waals surface area contributed by atoms with Gasteiger partial charge in [-0.1, -0.05) is 20.8 Å². The van der Waals surface area contributed by atoms with E-state index in [1.807, 2.05) is 18.3 Å². The molecule has 1 N–H and O–H groups in total. The van der Waals surface area contributed by atoms with Crippen LogP contribution in [0.4, 0.5) is 5.82 Å². The Balaban J connectivity index is 1.73. The molecule has 0 aliphatic rings. The number of aryl methyl sites for hydroxylation is 1. The Bertz CT molecular complexity index is 1530. The molecule has 4 aromatic rings. The number of nitrogens with zero attached hydrogens (tertiary/aromatic N) is 2. The van der Waals surface area contributed by atoms with Gasteiger partial charge >= 0.3 is 5.97 Å². The number of methoxy groups -OCH3 is 3. The number of imidazole rings is 1. The first kappa shape index (κ1) is 28.8. The van der Waals surface area contributed by atoms with Gasteiger partial charge in [0.1, 0.15) is 34.2 Å². The molecule has 0 bridgehead atoms. The van der Waals surface area contributed by atoms with E-state index in [-0.39, 0.29) is 22.3 Å². The molecule has 0 saturated heterocycles. The van der Waals surface area contributed by atoms with Crippen molar-refractivity contribution in [2.45, 2.75) is 53.5 Å². The maximum atomic E-state index is 13.1. The van der Waals surface area contributed by atoms with Gasteiger partial charge < -0.3 is 24.3 Å². The molecule has 8 nitrogen and oxygen atoms in total. The molecule has 40 heavy (non-hydrogen) atoms. The van der Waals surface area contributed by atoms with E-state index < -0.39 is 5.97 Å². The molecule has 8 heteroatoms. The number of nitrogens with one attached hydrogen (secondary N) is 1. The van der Waals surface area contributed by atoms with Crippen LogP contribution >= 0.6 is 0 Å². The maximum Gasteiger partial charge on any atom is 0.347 e. The molecule has 0 amide bonds. The van der Waals surface area contributed by atoms with Crippen molar-refractivity contribution in [1.29, 1.82) is 0 Å². The fourth-order valence-corrected chi connectivity index (χ4v) is 5.18.